The van der Waals surface area contributed by atoms with Crippen molar-refractivity contribution in [3.05, 3.63) is 52.8 Å². The van der Waals surface area contributed by atoms with Gasteiger partial charge in [-0.25, -0.2) is 0 Å². The molecule has 1 saturated heterocycles. The topological polar surface area (TPSA) is 75.4 Å². The van der Waals surface area contributed by atoms with Gasteiger partial charge in [0.1, 0.15) is 0 Å². The first-order valence-electron chi connectivity index (χ1n) is 8.94. The Morgan fingerprint density at radius 1 is 1.15 bits per heavy atom. The van der Waals surface area contributed by atoms with Crippen molar-refractivity contribution in [2.24, 2.45) is 5.92 Å². The maximum atomic E-state index is 12.7. The molecule has 1 amide bonds. The van der Waals surface area contributed by atoms with Gasteiger partial charge in [-0.15, -0.1) is 0 Å². The van der Waals surface area contributed by atoms with E-state index in [1.54, 1.807) is 4.90 Å². The van der Waals surface area contributed by atoms with Gasteiger partial charge in [0, 0.05) is 37.7 Å². The second kappa shape index (κ2) is 7.32. The van der Waals surface area contributed by atoms with Crippen LogP contribution in [0.5, 0.6) is 0 Å². The van der Waals surface area contributed by atoms with Crippen LogP contribution in [0.3, 0.4) is 0 Å². The monoisotopic (exact) mass is 355 g/mol. The molecule has 1 N–H and O–H groups in total. The van der Waals surface area contributed by atoms with Gasteiger partial charge in [0.25, 0.3) is 0 Å². The fraction of sp³-hybridized carbons (Fsp3) is 0.450. The Morgan fingerprint density at radius 2 is 1.85 bits per heavy atom. The molecule has 0 radical (unpaired) electrons. The summed E-state index contributed by atoms with van der Waals surface area (Å²) in [5.74, 6) is -1.57. The standard InChI is InChI=1S/C20H25N3O3/c1-13-14(2)21-23(15(13)3)10-9-19(24)22-11-17(18(12-22)20(25)26)16-7-5-4-6-8-16/h4-8,17-18H,9-12H2,1-3H3,(H,25,26)/t17-,18+/m0/s1. The third-order valence-corrected chi connectivity index (χ3v) is 5.50. The Labute approximate surface area is 153 Å². The number of carbonyl (C=O) groups excluding carboxylic acids is 1. The predicted octanol–water partition coefficient (Wildman–Crippen LogP) is 2.53. The lowest BCUT2D eigenvalue weighted by Crippen LogP contribution is -2.30. The maximum Gasteiger partial charge on any atom is 0.308 e. The number of aromatic nitrogens is 2. The van der Waals surface area contributed by atoms with Gasteiger partial charge in [0.15, 0.2) is 0 Å². The number of amides is 1. The molecular formula is C20H25N3O3. The average Bonchev–Trinajstić information content (AvgIpc) is 3.18. The smallest absolute Gasteiger partial charge is 0.308 e. The molecule has 2 aromatic rings. The molecule has 1 aliphatic heterocycles. The lowest BCUT2D eigenvalue weighted by atomic mass is 9.89. The first kappa shape index (κ1) is 18.2. The molecule has 6 nitrogen and oxygen atoms in total. The van der Waals surface area contributed by atoms with E-state index in [4.69, 9.17) is 0 Å². The molecule has 0 bridgehead atoms. The summed E-state index contributed by atoms with van der Waals surface area (Å²) in [6.07, 6.45) is 0.329. The number of aryl methyl sites for hydroxylation is 2. The van der Waals surface area contributed by atoms with E-state index < -0.39 is 11.9 Å². The molecule has 2 atom stereocenters. The van der Waals surface area contributed by atoms with Crippen LogP contribution in [-0.4, -0.2) is 44.8 Å². The number of hydrogen-bond acceptors (Lipinski definition) is 3. The summed E-state index contributed by atoms with van der Waals surface area (Å²) in [5, 5.41) is 14.0. The van der Waals surface area contributed by atoms with Crippen LogP contribution in [0.1, 0.15) is 34.9 Å². The molecule has 0 saturated carbocycles. The average molecular weight is 355 g/mol. The zero-order chi connectivity index (χ0) is 18.8. The molecule has 138 valence electrons. The summed E-state index contributed by atoms with van der Waals surface area (Å²) in [6.45, 7) is 7.23. The van der Waals surface area contributed by atoms with Crippen molar-refractivity contribution in [2.75, 3.05) is 13.1 Å². The SMILES string of the molecule is Cc1nn(CCC(=O)N2C[C@@H](C(=O)O)[C@H](c3ccccc3)C2)c(C)c1C. The number of benzene rings is 1. The Morgan fingerprint density at radius 3 is 2.42 bits per heavy atom. The van der Waals surface area contributed by atoms with E-state index in [-0.39, 0.29) is 18.4 Å². The van der Waals surface area contributed by atoms with Gasteiger partial charge in [-0.3, -0.25) is 14.3 Å². The first-order chi connectivity index (χ1) is 12.4. The van der Waals surface area contributed by atoms with Crippen molar-refractivity contribution in [1.29, 1.82) is 0 Å². The van der Waals surface area contributed by atoms with Gasteiger partial charge >= 0.3 is 5.97 Å². The number of rotatable bonds is 5. The van der Waals surface area contributed by atoms with E-state index in [9.17, 15) is 14.7 Å². The second-order valence-electron chi connectivity index (χ2n) is 7.03. The van der Waals surface area contributed by atoms with E-state index in [0.717, 1.165) is 22.5 Å². The Hall–Kier alpha value is -2.63. The highest BCUT2D eigenvalue weighted by Crippen LogP contribution is 2.33. The van der Waals surface area contributed by atoms with E-state index in [0.29, 0.717) is 19.5 Å². The molecule has 0 aliphatic carbocycles. The van der Waals surface area contributed by atoms with Crippen LogP contribution in [-0.2, 0) is 16.1 Å². The minimum atomic E-state index is -0.844. The lowest BCUT2D eigenvalue weighted by Gasteiger charge is -2.17. The van der Waals surface area contributed by atoms with Gasteiger partial charge in [-0.1, -0.05) is 30.3 Å². The highest BCUT2D eigenvalue weighted by Gasteiger charge is 2.40. The predicted molar refractivity (Wildman–Crippen MR) is 97.9 cm³/mol. The van der Waals surface area contributed by atoms with Crippen molar-refractivity contribution in [3.63, 3.8) is 0 Å². The summed E-state index contributed by atoms with van der Waals surface area (Å²) < 4.78 is 1.86. The number of likely N-dealkylation sites (tertiary alicyclic amines) is 1. The molecule has 2 heterocycles. The van der Waals surface area contributed by atoms with Gasteiger partial charge < -0.3 is 10.0 Å². The second-order valence-corrected chi connectivity index (χ2v) is 7.03. The fourth-order valence-corrected chi connectivity index (χ4v) is 3.66. The van der Waals surface area contributed by atoms with Crippen LogP contribution >= 0.6 is 0 Å². The van der Waals surface area contributed by atoms with Gasteiger partial charge in [0.05, 0.1) is 11.6 Å². The third-order valence-electron chi connectivity index (χ3n) is 5.50. The van der Waals surface area contributed by atoms with Gasteiger partial charge in [0.2, 0.25) is 5.91 Å². The van der Waals surface area contributed by atoms with Crippen LogP contribution in [0.4, 0.5) is 0 Å². The van der Waals surface area contributed by atoms with Crippen molar-refractivity contribution in [3.8, 4) is 0 Å². The van der Waals surface area contributed by atoms with E-state index in [1.165, 1.54) is 0 Å². The minimum Gasteiger partial charge on any atom is -0.481 e. The summed E-state index contributed by atoms with van der Waals surface area (Å²) in [5.41, 5.74) is 4.17. The van der Waals surface area contributed by atoms with Crippen molar-refractivity contribution in [1.82, 2.24) is 14.7 Å². The highest BCUT2D eigenvalue weighted by molar-refractivity contribution is 5.79. The Balaban J connectivity index is 1.68. The van der Waals surface area contributed by atoms with Crippen LogP contribution in [0.15, 0.2) is 30.3 Å². The zero-order valence-electron chi connectivity index (χ0n) is 15.5. The molecular weight excluding hydrogens is 330 g/mol. The summed E-state index contributed by atoms with van der Waals surface area (Å²) >= 11 is 0. The van der Waals surface area contributed by atoms with E-state index in [2.05, 4.69) is 5.10 Å². The van der Waals surface area contributed by atoms with Crippen molar-refractivity contribution in [2.45, 2.75) is 39.7 Å². The summed E-state index contributed by atoms with van der Waals surface area (Å²) in [7, 11) is 0. The summed E-state index contributed by atoms with van der Waals surface area (Å²) in [4.78, 5) is 26.0. The number of nitrogens with zero attached hydrogens (tertiary/aromatic N) is 3. The van der Waals surface area contributed by atoms with Crippen LogP contribution < -0.4 is 0 Å². The molecule has 0 unspecified atom stereocenters. The van der Waals surface area contributed by atoms with Crippen molar-refractivity contribution < 1.29 is 14.7 Å². The number of carboxylic acid groups (broad SMARTS) is 1. The third kappa shape index (κ3) is 3.49. The molecule has 1 aromatic carbocycles. The Bertz CT molecular complexity index is 813. The zero-order valence-corrected chi connectivity index (χ0v) is 15.5. The summed E-state index contributed by atoms with van der Waals surface area (Å²) in [6, 6.07) is 9.60. The molecule has 1 aromatic heterocycles. The molecule has 1 fully saturated rings. The molecule has 6 heteroatoms. The maximum absolute atomic E-state index is 12.7. The number of hydrogen-bond donors (Lipinski definition) is 1. The van der Waals surface area contributed by atoms with Gasteiger partial charge in [-0.05, 0) is 31.9 Å². The molecule has 0 spiro atoms. The molecule has 3 rings (SSSR count). The number of carboxylic acids is 1. The number of aliphatic carboxylic acids is 1. The fourth-order valence-electron chi connectivity index (χ4n) is 3.66. The largest absolute Gasteiger partial charge is 0.481 e. The minimum absolute atomic E-state index is 0.0140. The first-order valence-corrected chi connectivity index (χ1v) is 8.94. The number of carbonyl (C=O) groups is 2. The quantitative estimate of drug-likeness (QED) is 0.894. The van der Waals surface area contributed by atoms with Crippen LogP contribution in [0, 0.1) is 26.7 Å². The molecule has 1 aliphatic rings. The highest BCUT2D eigenvalue weighted by atomic mass is 16.4. The lowest BCUT2D eigenvalue weighted by molar-refractivity contribution is -0.141. The Kier molecular flexibility index (Phi) is 5.11. The van der Waals surface area contributed by atoms with E-state index >= 15 is 0 Å². The van der Waals surface area contributed by atoms with Crippen molar-refractivity contribution >= 4 is 11.9 Å². The molecule has 26 heavy (non-hydrogen) atoms. The van der Waals surface area contributed by atoms with Crippen LogP contribution in [0.25, 0.3) is 0 Å². The van der Waals surface area contributed by atoms with Gasteiger partial charge in [-0.2, -0.15) is 5.10 Å². The normalized spacial score (nSPS) is 19.7. The van der Waals surface area contributed by atoms with Crippen LogP contribution in [0.2, 0.25) is 0 Å². The van der Waals surface area contributed by atoms with E-state index in [1.807, 2.05) is 55.8 Å².